The Labute approximate surface area is 171 Å². The first-order valence-electron chi connectivity index (χ1n) is 9.35. The number of methoxy groups -OCH3 is 1. The summed E-state index contributed by atoms with van der Waals surface area (Å²) < 4.78 is 19.4. The van der Waals surface area contributed by atoms with Crippen molar-refractivity contribution < 1.29 is 14.1 Å². The maximum atomic E-state index is 13.9. The number of piperidine rings is 1. The van der Waals surface area contributed by atoms with Crippen LogP contribution in [0.2, 0.25) is 0 Å². The number of nitro groups is 1. The number of aromatic nitrogens is 1. The van der Waals surface area contributed by atoms with Crippen LogP contribution in [0.4, 0.5) is 15.8 Å². The molecule has 0 amide bonds. The van der Waals surface area contributed by atoms with Gasteiger partial charge in [0, 0.05) is 30.0 Å². The van der Waals surface area contributed by atoms with Crippen LogP contribution in [0.3, 0.4) is 0 Å². The van der Waals surface area contributed by atoms with Gasteiger partial charge in [0.1, 0.15) is 11.4 Å². The number of para-hydroxylation sites is 2. The minimum atomic E-state index is -0.795. The van der Waals surface area contributed by atoms with Crippen LogP contribution >= 0.6 is 11.3 Å². The Kier molecular flexibility index (Phi) is 5.44. The molecule has 8 heteroatoms. The van der Waals surface area contributed by atoms with Crippen molar-refractivity contribution in [3.05, 3.63) is 68.8 Å². The van der Waals surface area contributed by atoms with E-state index in [9.17, 15) is 14.5 Å². The predicted molar refractivity (Wildman–Crippen MR) is 111 cm³/mol. The largest absolute Gasteiger partial charge is 0.496 e. The van der Waals surface area contributed by atoms with Crippen LogP contribution < -0.4 is 9.64 Å². The minimum absolute atomic E-state index is 0.285. The molecule has 1 aliphatic rings. The highest BCUT2D eigenvalue weighted by Crippen LogP contribution is 2.38. The fraction of sp³-hybridized carbons (Fsp3) is 0.286. The molecule has 0 unspecified atom stereocenters. The van der Waals surface area contributed by atoms with Gasteiger partial charge in [-0.3, -0.25) is 10.1 Å². The molecule has 1 aliphatic heterocycles. The molecule has 0 spiro atoms. The van der Waals surface area contributed by atoms with Crippen LogP contribution in [0, 0.1) is 15.9 Å². The summed E-state index contributed by atoms with van der Waals surface area (Å²) in [6, 6.07) is 12.1. The van der Waals surface area contributed by atoms with Gasteiger partial charge < -0.3 is 9.64 Å². The van der Waals surface area contributed by atoms with Crippen molar-refractivity contribution in [2.45, 2.75) is 18.8 Å². The van der Waals surface area contributed by atoms with E-state index in [1.165, 1.54) is 6.07 Å². The summed E-state index contributed by atoms with van der Waals surface area (Å²) in [6.45, 7) is 1.25. The fourth-order valence-electron chi connectivity index (χ4n) is 3.76. The Bertz CT molecular complexity index is 1030. The second kappa shape index (κ2) is 8.16. The summed E-state index contributed by atoms with van der Waals surface area (Å²) in [7, 11) is 1.65. The van der Waals surface area contributed by atoms with Gasteiger partial charge in [0.05, 0.1) is 22.7 Å². The third kappa shape index (κ3) is 3.80. The van der Waals surface area contributed by atoms with Gasteiger partial charge in [0.25, 0.3) is 0 Å². The number of halogens is 1. The van der Waals surface area contributed by atoms with Gasteiger partial charge >= 0.3 is 5.69 Å². The monoisotopic (exact) mass is 413 g/mol. The van der Waals surface area contributed by atoms with Gasteiger partial charge in [0.15, 0.2) is 0 Å². The SMILES string of the molecule is COc1ccccc1-c1csc(C2CCN(c3cccc(F)c3[N+](=O)[O-])CC2)n1. The quantitative estimate of drug-likeness (QED) is 0.422. The molecule has 1 saturated heterocycles. The minimum Gasteiger partial charge on any atom is -0.496 e. The van der Waals surface area contributed by atoms with Gasteiger partial charge in [-0.15, -0.1) is 11.3 Å². The average molecular weight is 413 g/mol. The van der Waals surface area contributed by atoms with E-state index in [4.69, 9.17) is 9.72 Å². The number of nitrogens with zero attached hydrogens (tertiary/aromatic N) is 3. The number of thiazole rings is 1. The molecule has 0 N–H and O–H groups in total. The van der Waals surface area contributed by atoms with E-state index in [1.54, 1.807) is 24.5 Å². The van der Waals surface area contributed by atoms with Crippen LogP contribution in [-0.2, 0) is 0 Å². The van der Waals surface area contributed by atoms with Crippen molar-refractivity contribution in [1.82, 2.24) is 4.98 Å². The highest BCUT2D eigenvalue weighted by molar-refractivity contribution is 7.10. The van der Waals surface area contributed by atoms with Gasteiger partial charge in [-0.05, 0) is 37.1 Å². The second-order valence-corrected chi connectivity index (χ2v) is 7.79. The van der Waals surface area contributed by atoms with E-state index in [2.05, 4.69) is 0 Å². The number of benzene rings is 2. The Balaban J connectivity index is 1.50. The van der Waals surface area contributed by atoms with Gasteiger partial charge in [-0.1, -0.05) is 18.2 Å². The summed E-state index contributed by atoms with van der Waals surface area (Å²) >= 11 is 1.62. The van der Waals surface area contributed by atoms with Crippen molar-refractivity contribution in [3.63, 3.8) is 0 Å². The lowest BCUT2D eigenvalue weighted by Gasteiger charge is -2.32. The molecule has 2 heterocycles. The molecule has 1 fully saturated rings. The molecule has 4 rings (SSSR count). The summed E-state index contributed by atoms with van der Waals surface area (Å²) in [6.07, 6.45) is 1.62. The van der Waals surface area contributed by atoms with Crippen molar-refractivity contribution in [1.29, 1.82) is 0 Å². The van der Waals surface area contributed by atoms with Crippen molar-refractivity contribution in [2.24, 2.45) is 0 Å². The Hall–Kier alpha value is -3.00. The van der Waals surface area contributed by atoms with Crippen LogP contribution in [0.25, 0.3) is 11.3 Å². The summed E-state index contributed by atoms with van der Waals surface area (Å²) in [5.41, 5.74) is 1.76. The van der Waals surface area contributed by atoms with Gasteiger partial charge in [-0.25, -0.2) is 4.98 Å². The number of hydrogen-bond donors (Lipinski definition) is 0. The topological polar surface area (TPSA) is 68.5 Å². The van der Waals surface area contributed by atoms with Crippen LogP contribution in [-0.4, -0.2) is 30.1 Å². The molecule has 0 aliphatic carbocycles. The first-order valence-corrected chi connectivity index (χ1v) is 10.2. The van der Waals surface area contributed by atoms with E-state index < -0.39 is 16.4 Å². The van der Waals surface area contributed by atoms with E-state index in [0.29, 0.717) is 18.8 Å². The third-order valence-corrected chi connectivity index (χ3v) is 6.25. The van der Waals surface area contributed by atoms with E-state index in [-0.39, 0.29) is 5.92 Å². The van der Waals surface area contributed by atoms with Crippen molar-refractivity contribution in [2.75, 3.05) is 25.1 Å². The first-order chi connectivity index (χ1) is 14.1. The smallest absolute Gasteiger partial charge is 0.327 e. The molecule has 1 aromatic heterocycles. The van der Waals surface area contributed by atoms with Gasteiger partial charge in [-0.2, -0.15) is 4.39 Å². The van der Waals surface area contributed by atoms with Gasteiger partial charge in [0.2, 0.25) is 5.82 Å². The summed E-state index contributed by atoms with van der Waals surface area (Å²) in [4.78, 5) is 17.4. The van der Waals surface area contributed by atoms with Crippen molar-refractivity contribution in [3.8, 4) is 17.0 Å². The Morgan fingerprint density at radius 1 is 1.21 bits per heavy atom. The molecular weight excluding hydrogens is 393 g/mol. The van der Waals surface area contributed by atoms with E-state index >= 15 is 0 Å². The Morgan fingerprint density at radius 3 is 2.69 bits per heavy atom. The predicted octanol–water partition coefficient (Wildman–Crippen LogP) is 5.25. The molecule has 2 aromatic carbocycles. The molecule has 150 valence electrons. The summed E-state index contributed by atoms with van der Waals surface area (Å²) in [5.74, 6) is 0.279. The average Bonchev–Trinajstić information content (AvgIpc) is 3.23. The zero-order valence-corrected chi connectivity index (χ0v) is 16.7. The molecule has 3 aromatic rings. The normalized spacial score (nSPS) is 14.8. The lowest BCUT2D eigenvalue weighted by Crippen LogP contribution is -2.33. The highest BCUT2D eigenvalue weighted by Gasteiger charge is 2.29. The third-order valence-electron chi connectivity index (χ3n) is 5.24. The van der Waals surface area contributed by atoms with Crippen LogP contribution in [0.15, 0.2) is 47.8 Å². The molecule has 0 bridgehead atoms. The maximum Gasteiger partial charge on any atom is 0.327 e. The first kappa shape index (κ1) is 19.3. The number of rotatable bonds is 5. The second-order valence-electron chi connectivity index (χ2n) is 6.90. The van der Waals surface area contributed by atoms with Crippen LogP contribution in [0.1, 0.15) is 23.8 Å². The molecular formula is C21H20FN3O3S. The lowest BCUT2D eigenvalue weighted by molar-refractivity contribution is -0.386. The molecule has 0 radical (unpaired) electrons. The van der Waals surface area contributed by atoms with Crippen molar-refractivity contribution >= 4 is 22.7 Å². The Morgan fingerprint density at radius 2 is 1.97 bits per heavy atom. The molecule has 29 heavy (non-hydrogen) atoms. The lowest BCUT2D eigenvalue weighted by atomic mass is 9.97. The molecule has 6 nitrogen and oxygen atoms in total. The molecule has 0 atom stereocenters. The number of ether oxygens (including phenoxy) is 1. The maximum absolute atomic E-state index is 13.9. The molecule has 0 saturated carbocycles. The zero-order chi connectivity index (χ0) is 20.4. The number of anilines is 1. The number of hydrogen-bond acceptors (Lipinski definition) is 6. The summed E-state index contributed by atoms with van der Waals surface area (Å²) in [5, 5.41) is 14.4. The van der Waals surface area contributed by atoms with Crippen LogP contribution in [0.5, 0.6) is 5.75 Å². The standard InChI is InChI=1S/C21H20FN3O3S/c1-28-19-8-3-2-5-15(19)17-13-29-21(23-17)14-9-11-24(12-10-14)18-7-4-6-16(22)20(18)25(26)27/h2-8,13-14H,9-12H2,1H3. The number of nitro benzene ring substituents is 1. The van der Waals surface area contributed by atoms with E-state index in [0.717, 1.165) is 40.9 Å². The zero-order valence-electron chi connectivity index (χ0n) is 15.9. The van der Waals surface area contributed by atoms with E-state index in [1.807, 2.05) is 34.5 Å². The highest BCUT2D eigenvalue weighted by atomic mass is 32.1. The fourth-order valence-corrected chi connectivity index (χ4v) is 4.75.